The first-order valence-corrected chi connectivity index (χ1v) is 4.85. The van der Waals surface area contributed by atoms with Crippen molar-refractivity contribution in [2.45, 2.75) is 0 Å². The second-order valence-corrected chi connectivity index (χ2v) is 3.78. The van der Waals surface area contributed by atoms with Gasteiger partial charge in [0.05, 0.1) is 6.26 Å². The summed E-state index contributed by atoms with van der Waals surface area (Å²) in [5.41, 5.74) is 0.640. The van der Waals surface area contributed by atoms with Crippen LogP contribution in [-0.4, -0.2) is 21.7 Å². The van der Waals surface area contributed by atoms with E-state index in [2.05, 4.69) is 16.6 Å². The molecule has 0 aliphatic carbocycles. The summed E-state index contributed by atoms with van der Waals surface area (Å²) in [6.45, 7) is 3.56. The Balaban J connectivity index is 3.89. The van der Waals surface area contributed by atoms with Crippen molar-refractivity contribution >= 4 is 10.0 Å². The fourth-order valence-electron chi connectivity index (χ4n) is 0.342. The van der Waals surface area contributed by atoms with Gasteiger partial charge < -0.3 is 5.32 Å². The average molecular weight is 176 g/mol. The van der Waals surface area contributed by atoms with Crippen LogP contribution >= 0.6 is 0 Å². The molecule has 64 valence electrons. The van der Waals surface area contributed by atoms with E-state index in [1.165, 1.54) is 12.3 Å². The lowest BCUT2D eigenvalue weighted by Crippen LogP contribution is -2.15. The van der Waals surface area contributed by atoms with Gasteiger partial charge in [0.25, 0.3) is 0 Å². The molecule has 0 rings (SSSR count). The molecule has 0 aliphatic heterocycles. The van der Waals surface area contributed by atoms with Crippen molar-refractivity contribution in [1.29, 1.82) is 0 Å². The average Bonchev–Trinajstić information content (AvgIpc) is 1.85. The van der Waals surface area contributed by atoms with Gasteiger partial charge in [-0.05, 0) is 6.08 Å². The first kappa shape index (κ1) is 10.0. The fourth-order valence-corrected chi connectivity index (χ4v) is 0.657. The van der Waals surface area contributed by atoms with Crippen LogP contribution in [0.2, 0.25) is 0 Å². The molecule has 0 radical (unpaired) electrons. The van der Waals surface area contributed by atoms with Crippen LogP contribution in [0.4, 0.5) is 0 Å². The Hall–Kier alpha value is -0.970. The number of allylic oxidation sites excluding steroid dienone is 1. The first-order chi connectivity index (χ1) is 4.95. The lowest BCUT2D eigenvalue weighted by atomic mass is 10.5. The van der Waals surface area contributed by atoms with Crippen molar-refractivity contribution in [2.24, 2.45) is 0 Å². The third-order valence-electron chi connectivity index (χ3n) is 0.888. The minimum atomic E-state index is -3.13. The number of hydrogen-bond donors (Lipinski definition) is 2. The highest BCUT2D eigenvalue weighted by atomic mass is 32.2. The Kier molecular flexibility index (Phi) is 3.67. The minimum Gasteiger partial charge on any atom is -0.389 e. The Bertz CT molecular complexity index is 254. The number of hydrogen-bond acceptors (Lipinski definition) is 3. The van der Waals surface area contributed by atoms with E-state index in [1.807, 2.05) is 0 Å². The van der Waals surface area contributed by atoms with E-state index in [1.54, 1.807) is 7.05 Å². The Morgan fingerprint density at radius 3 is 2.45 bits per heavy atom. The number of sulfonamides is 1. The van der Waals surface area contributed by atoms with E-state index in [4.69, 9.17) is 0 Å². The highest BCUT2D eigenvalue weighted by Gasteiger charge is 1.92. The second-order valence-electron chi connectivity index (χ2n) is 2.00. The number of rotatable bonds is 4. The molecule has 11 heavy (non-hydrogen) atoms. The van der Waals surface area contributed by atoms with E-state index >= 15 is 0 Å². The molecule has 0 bridgehead atoms. The van der Waals surface area contributed by atoms with Gasteiger partial charge in [-0.25, -0.2) is 8.42 Å². The summed E-state index contributed by atoms with van der Waals surface area (Å²) in [6.07, 6.45) is 3.93. The monoisotopic (exact) mass is 176 g/mol. The third kappa shape index (κ3) is 6.92. The van der Waals surface area contributed by atoms with Crippen molar-refractivity contribution in [2.75, 3.05) is 13.3 Å². The van der Waals surface area contributed by atoms with Gasteiger partial charge in [-0.2, -0.15) is 0 Å². The molecule has 0 fully saturated rings. The fraction of sp³-hybridized carbons (Fsp3) is 0.333. The van der Waals surface area contributed by atoms with Gasteiger partial charge in [-0.3, -0.25) is 4.72 Å². The lowest BCUT2D eigenvalue weighted by molar-refractivity contribution is 0.596. The molecule has 4 nitrogen and oxygen atoms in total. The molecule has 0 heterocycles. The molecule has 0 aromatic carbocycles. The summed E-state index contributed by atoms with van der Waals surface area (Å²) in [4.78, 5) is 0. The van der Waals surface area contributed by atoms with Crippen LogP contribution in [0, 0.1) is 0 Å². The van der Waals surface area contributed by atoms with Crippen LogP contribution in [0.3, 0.4) is 0 Å². The maximum atomic E-state index is 10.5. The van der Waals surface area contributed by atoms with Gasteiger partial charge in [0, 0.05) is 18.9 Å². The van der Waals surface area contributed by atoms with Gasteiger partial charge >= 0.3 is 0 Å². The molecule has 0 spiro atoms. The molecule has 0 atom stereocenters. The third-order valence-corrected chi connectivity index (χ3v) is 1.45. The van der Waals surface area contributed by atoms with Crippen molar-refractivity contribution in [3.8, 4) is 0 Å². The van der Waals surface area contributed by atoms with E-state index < -0.39 is 10.0 Å². The molecule has 0 aromatic rings. The Labute approximate surface area is 67.0 Å². The SMILES string of the molecule is C=C(/C=C/NS(C)(=O)=O)NC. The summed E-state index contributed by atoms with van der Waals surface area (Å²) in [5, 5.41) is 2.74. The van der Waals surface area contributed by atoms with Crippen LogP contribution in [0.15, 0.2) is 24.6 Å². The van der Waals surface area contributed by atoms with Crippen molar-refractivity contribution < 1.29 is 8.42 Å². The number of nitrogens with one attached hydrogen (secondary N) is 2. The smallest absolute Gasteiger partial charge is 0.229 e. The molecule has 0 saturated carbocycles. The molecule has 0 amide bonds. The predicted molar refractivity (Wildman–Crippen MR) is 45.3 cm³/mol. The zero-order chi connectivity index (χ0) is 8.91. The highest BCUT2D eigenvalue weighted by molar-refractivity contribution is 7.88. The van der Waals surface area contributed by atoms with Gasteiger partial charge in [-0.1, -0.05) is 6.58 Å². The van der Waals surface area contributed by atoms with Gasteiger partial charge in [0.2, 0.25) is 10.0 Å². The van der Waals surface area contributed by atoms with Crippen LogP contribution < -0.4 is 10.0 Å². The van der Waals surface area contributed by atoms with Crippen LogP contribution in [0.25, 0.3) is 0 Å². The highest BCUT2D eigenvalue weighted by Crippen LogP contribution is 1.83. The molecule has 2 N–H and O–H groups in total. The van der Waals surface area contributed by atoms with E-state index in [0.717, 1.165) is 6.26 Å². The Morgan fingerprint density at radius 1 is 1.55 bits per heavy atom. The zero-order valence-corrected chi connectivity index (χ0v) is 7.40. The molecular formula is C6H12N2O2S. The van der Waals surface area contributed by atoms with Crippen LogP contribution in [-0.2, 0) is 10.0 Å². The summed E-state index contributed by atoms with van der Waals surface area (Å²) in [6, 6.07) is 0. The quantitative estimate of drug-likeness (QED) is 0.582. The van der Waals surface area contributed by atoms with Crippen molar-refractivity contribution in [3.05, 3.63) is 24.6 Å². The lowest BCUT2D eigenvalue weighted by Gasteiger charge is -1.97. The largest absolute Gasteiger partial charge is 0.389 e. The van der Waals surface area contributed by atoms with E-state index in [0.29, 0.717) is 5.70 Å². The molecular weight excluding hydrogens is 164 g/mol. The Morgan fingerprint density at radius 2 is 2.09 bits per heavy atom. The van der Waals surface area contributed by atoms with Gasteiger partial charge in [-0.15, -0.1) is 0 Å². The van der Waals surface area contributed by atoms with Gasteiger partial charge in [0.15, 0.2) is 0 Å². The van der Waals surface area contributed by atoms with E-state index in [-0.39, 0.29) is 0 Å². The van der Waals surface area contributed by atoms with Crippen molar-refractivity contribution in [1.82, 2.24) is 10.0 Å². The second kappa shape index (κ2) is 4.02. The summed E-state index contributed by atoms with van der Waals surface area (Å²) >= 11 is 0. The summed E-state index contributed by atoms with van der Waals surface area (Å²) in [5.74, 6) is 0. The molecule has 5 heteroatoms. The molecule has 0 unspecified atom stereocenters. The number of likely N-dealkylation sites (N-methyl/N-ethyl adjacent to an activating group) is 1. The minimum absolute atomic E-state index is 0.640. The van der Waals surface area contributed by atoms with Gasteiger partial charge in [0.1, 0.15) is 0 Å². The first-order valence-electron chi connectivity index (χ1n) is 2.96. The predicted octanol–water partition coefficient (Wildman–Crippen LogP) is -0.218. The normalized spacial score (nSPS) is 11.5. The summed E-state index contributed by atoms with van der Waals surface area (Å²) in [7, 11) is -1.43. The van der Waals surface area contributed by atoms with Crippen LogP contribution in [0.5, 0.6) is 0 Å². The summed E-state index contributed by atoms with van der Waals surface area (Å²) < 4.78 is 23.2. The maximum absolute atomic E-state index is 10.5. The topological polar surface area (TPSA) is 58.2 Å². The van der Waals surface area contributed by atoms with Crippen LogP contribution in [0.1, 0.15) is 0 Å². The standard InChI is InChI=1S/C6H12N2O2S/c1-6(7-2)4-5-8-11(3,9)10/h4-5,7-8H,1H2,2-3H3/b5-4+. The molecule has 0 aliphatic rings. The molecule has 0 aromatic heterocycles. The van der Waals surface area contributed by atoms with Crippen molar-refractivity contribution in [3.63, 3.8) is 0 Å². The van der Waals surface area contributed by atoms with E-state index in [9.17, 15) is 8.42 Å². The zero-order valence-electron chi connectivity index (χ0n) is 6.59. The molecule has 0 saturated heterocycles. The maximum Gasteiger partial charge on any atom is 0.229 e.